The standard InChI is InChI=1S/C14H17ClN2O3/c1-3-10-14(19)17(7-6-13(18)16-10)11-8-9(15)4-5-12(11)20-2/h4-5,8,10H,3,6-7H2,1-2H3,(H,16,18). The van der Waals surface area contributed by atoms with Gasteiger partial charge in [0, 0.05) is 18.0 Å². The molecule has 20 heavy (non-hydrogen) atoms. The topological polar surface area (TPSA) is 58.6 Å². The Hall–Kier alpha value is -1.75. The predicted molar refractivity (Wildman–Crippen MR) is 77.2 cm³/mol. The van der Waals surface area contributed by atoms with Crippen molar-refractivity contribution in [3.63, 3.8) is 0 Å². The molecule has 2 amide bonds. The van der Waals surface area contributed by atoms with Gasteiger partial charge in [-0.25, -0.2) is 0 Å². The summed E-state index contributed by atoms with van der Waals surface area (Å²) >= 11 is 6.00. The number of anilines is 1. The summed E-state index contributed by atoms with van der Waals surface area (Å²) in [5.41, 5.74) is 0.597. The van der Waals surface area contributed by atoms with E-state index in [1.54, 1.807) is 23.1 Å². The number of hydrogen-bond acceptors (Lipinski definition) is 3. The molecule has 1 N–H and O–H groups in total. The molecule has 2 rings (SSSR count). The summed E-state index contributed by atoms with van der Waals surface area (Å²) in [4.78, 5) is 25.7. The second-order valence-electron chi connectivity index (χ2n) is 4.58. The minimum absolute atomic E-state index is 0.117. The second-order valence-corrected chi connectivity index (χ2v) is 5.02. The fraction of sp³-hybridized carbons (Fsp3) is 0.429. The average Bonchev–Trinajstić information content (AvgIpc) is 2.58. The fourth-order valence-corrected chi connectivity index (χ4v) is 2.40. The number of rotatable bonds is 3. The van der Waals surface area contributed by atoms with E-state index >= 15 is 0 Å². The van der Waals surface area contributed by atoms with Gasteiger partial charge in [0.1, 0.15) is 11.8 Å². The van der Waals surface area contributed by atoms with Crippen molar-refractivity contribution in [1.29, 1.82) is 0 Å². The van der Waals surface area contributed by atoms with E-state index in [4.69, 9.17) is 16.3 Å². The molecule has 1 heterocycles. The van der Waals surface area contributed by atoms with E-state index in [0.717, 1.165) is 0 Å². The normalized spacial score (nSPS) is 19.6. The molecule has 1 aliphatic heterocycles. The van der Waals surface area contributed by atoms with Crippen molar-refractivity contribution >= 4 is 29.1 Å². The lowest BCUT2D eigenvalue weighted by Crippen LogP contribution is -2.44. The molecule has 1 saturated heterocycles. The molecule has 1 aromatic rings. The molecule has 0 aromatic heterocycles. The molecule has 6 heteroatoms. The van der Waals surface area contributed by atoms with Crippen LogP contribution >= 0.6 is 11.6 Å². The first-order valence-electron chi connectivity index (χ1n) is 6.51. The summed E-state index contributed by atoms with van der Waals surface area (Å²) in [6.45, 7) is 2.18. The molecule has 108 valence electrons. The summed E-state index contributed by atoms with van der Waals surface area (Å²) in [6.07, 6.45) is 0.807. The molecule has 1 aromatic carbocycles. The largest absolute Gasteiger partial charge is 0.495 e. The Labute approximate surface area is 122 Å². The minimum Gasteiger partial charge on any atom is -0.495 e. The fourth-order valence-electron chi connectivity index (χ4n) is 2.23. The quantitative estimate of drug-likeness (QED) is 0.928. The highest BCUT2D eigenvalue weighted by atomic mass is 35.5. The zero-order chi connectivity index (χ0) is 14.7. The van der Waals surface area contributed by atoms with Gasteiger partial charge in [0.25, 0.3) is 0 Å². The molecule has 5 nitrogen and oxygen atoms in total. The van der Waals surface area contributed by atoms with Gasteiger partial charge in [-0.05, 0) is 24.6 Å². The third-order valence-electron chi connectivity index (χ3n) is 3.30. The molecule has 1 atom stereocenters. The maximum atomic E-state index is 12.5. The number of carbonyl (C=O) groups excluding carboxylic acids is 2. The molecule has 1 aliphatic rings. The van der Waals surface area contributed by atoms with Crippen LogP contribution in [0.25, 0.3) is 0 Å². The van der Waals surface area contributed by atoms with Gasteiger partial charge < -0.3 is 15.0 Å². The smallest absolute Gasteiger partial charge is 0.249 e. The molecule has 0 aliphatic carbocycles. The lowest BCUT2D eigenvalue weighted by molar-refractivity contribution is -0.125. The van der Waals surface area contributed by atoms with Gasteiger partial charge in [-0.2, -0.15) is 0 Å². The third kappa shape index (κ3) is 2.88. The first-order valence-corrected chi connectivity index (χ1v) is 6.89. The van der Waals surface area contributed by atoms with Gasteiger partial charge in [-0.15, -0.1) is 0 Å². The van der Waals surface area contributed by atoms with Crippen LogP contribution in [0, 0.1) is 0 Å². The van der Waals surface area contributed by atoms with Crippen LogP contribution < -0.4 is 15.0 Å². The summed E-state index contributed by atoms with van der Waals surface area (Å²) < 4.78 is 5.28. The molecule has 1 unspecified atom stereocenters. The van der Waals surface area contributed by atoms with Crippen molar-refractivity contribution in [2.45, 2.75) is 25.8 Å². The number of halogens is 1. The van der Waals surface area contributed by atoms with Crippen LogP contribution in [0.2, 0.25) is 5.02 Å². The number of methoxy groups -OCH3 is 1. The number of nitrogens with one attached hydrogen (secondary N) is 1. The van der Waals surface area contributed by atoms with Crippen molar-refractivity contribution in [3.05, 3.63) is 23.2 Å². The van der Waals surface area contributed by atoms with Crippen LogP contribution in [-0.2, 0) is 9.59 Å². The van der Waals surface area contributed by atoms with E-state index in [-0.39, 0.29) is 18.2 Å². The van der Waals surface area contributed by atoms with Crippen LogP contribution in [0.5, 0.6) is 5.75 Å². The molecule has 1 fully saturated rings. The van der Waals surface area contributed by atoms with E-state index in [1.165, 1.54) is 7.11 Å². The highest BCUT2D eigenvalue weighted by Crippen LogP contribution is 2.32. The number of benzene rings is 1. The van der Waals surface area contributed by atoms with Crippen molar-refractivity contribution < 1.29 is 14.3 Å². The number of hydrogen-bond donors (Lipinski definition) is 1. The first kappa shape index (κ1) is 14.7. The van der Waals surface area contributed by atoms with Crippen LogP contribution in [0.1, 0.15) is 19.8 Å². The highest BCUT2D eigenvalue weighted by Gasteiger charge is 2.30. The Morgan fingerprint density at radius 1 is 1.45 bits per heavy atom. The van der Waals surface area contributed by atoms with Gasteiger partial charge in [-0.3, -0.25) is 9.59 Å². The molecular weight excluding hydrogens is 280 g/mol. The van der Waals surface area contributed by atoms with Crippen molar-refractivity contribution in [3.8, 4) is 5.75 Å². The van der Waals surface area contributed by atoms with Crippen molar-refractivity contribution in [2.24, 2.45) is 0 Å². The van der Waals surface area contributed by atoms with Gasteiger partial charge >= 0.3 is 0 Å². The monoisotopic (exact) mass is 296 g/mol. The summed E-state index contributed by atoms with van der Waals surface area (Å²) in [6, 6.07) is 4.59. The Bertz CT molecular complexity index is 533. The second kappa shape index (κ2) is 6.13. The molecule has 0 radical (unpaired) electrons. The number of ether oxygens (including phenoxy) is 1. The van der Waals surface area contributed by atoms with Crippen molar-refractivity contribution in [1.82, 2.24) is 5.32 Å². The Kier molecular flexibility index (Phi) is 4.49. The molecule has 0 saturated carbocycles. The van der Waals surface area contributed by atoms with Gasteiger partial charge in [0.05, 0.1) is 12.8 Å². The van der Waals surface area contributed by atoms with E-state index < -0.39 is 6.04 Å². The predicted octanol–water partition coefficient (Wildman–Crippen LogP) is 1.98. The molecule has 0 bridgehead atoms. The third-order valence-corrected chi connectivity index (χ3v) is 3.54. The van der Waals surface area contributed by atoms with Crippen LogP contribution in [-0.4, -0.2) is 31.5 Å². The minimum atomic E-state index is -0.506. The van der Waals surface area contributed by atoms with Gasteiger partial charge in [0.2, 0.25) is 11.8 Å². The van der Waals surface area contributed by atoms with E-state index in [9.17, 15) is 9.59 Å². The highest BCUT2D eigenvalue weighted by molar-refractivity contribution is 6.31. The lowest BCUT2D eigenvalue weighted by Gasteiger charge is -2.25. The van der Waals surface area contributed by atoms with Crippen LogP contribution in [0.4, 0.5) is 5.69 Å². The maximum Gasteiger partial charge on any atom is 0.249 e. The van der Waals surface area contributed by atoms with Crippen LogP contribution in [0.3, 0.4) is 0 Å². The SMILES string of the molecule is CCC1NC(=O)CCN(c2cc(Cl)ccc2OC)C1=O. The Morgan fingerprint density at radius 3 is 2.85 bits per heavy atom. The average molecular weight is 297 g/mol. The Morgan fingerprint density at radius 2 is 2.20 bits per heavy atom. The zero-order valence-electron chi connectivity index (χ0n) is 11.5. The lowest BCUT2D eigenvalue weighted by atomic mass is 10.2. The van der Waals surface area contributed by atoms with Gasteiger partial charge in [-0.1, -0.05) is 18.5 Å². The number of amides is 2. The zero-order valence-corrected chi connectivity index (χ0v) is 12.2. The van der Waals surface area contributed by atoms with E-state index in [0.29, 0.717) is 29.4 Å². The summed E-state index contributed by atoms with van der Waals surface area (Å²) in [7, 11) is 1.54. The number of nitrogens with zero attached hydrogens (tertiary/aromatic N) is 1. The first-order chi connectivity index (χ1) is 9.56. The maximum absolute atomic E-state index is 12.5. The van der Waals surface area contributed by atoms with Crippen LogP contribution in [0.15, 0.2) is 18.2 Å². The molecular formula is C14H17ClN2O3. The number of carbonyl (C=O) groups is 2. The molecule has 0 spiro atoms. The van der Waals surface area contributed by atoms with Crippen molar-refractivity contribution in [2.75, 3.05) is 18.6 Å². The van der Waals surface area contributed by atoms with E-state index in [1.807, 2.05) is 6.92 Å². The summed E-state index contributed by atoms with van der Waals surface area (Å²) in [5.74, 6) is 0.305. The Balaban J connectivity index is 2.41. The van der Waals surface area contributed by atoms with E-state index in [2.05, 4.69) is 5.32 Å². The summed E-state index contributed by atoms with van der Waals surface area (Å²) in [5, 5.41) is 3.24. The van der Waals surface area contributed by atoms with Gasteiger partial charge in [0.15, 0.2) is 0 Å².